The number of hydrogen-bond acceptors (Lipinski definition) is 5. The molecule has 1 atom stereocenters. The molecule has 0 aliphatic carbocycles. The van der Waals surface area contributed by atoms with E-state index < -0.39 is 6.10 Å². The molecule has 2 rings (SSSR count). The average molecular weight is 380 g/mol. The molecule has 1 aromatic rings. The number of carbonyl (C=O) groups excluding carboxylic acids is 1. The molecule has 138 valence electrons. The first-order valence-corrected chi connectivity index (χ1v) is 7.69. The lowest BCUT2D eigenvalue weighted by Crippen LogP contribution is -2.53. The minimum atomic E-state index is -0.540. The maximum absolute atomic E-state index is 12.3. The fourth-order valence-corrected chi connectivity index (χ4v) is 2.67. The van der Waals surface area contributed by atoms with E-state index >= 15 is 0 Å². The van der Waals surface area contributed by atoms with Crippen molar-refractivity contribution in [1.29, 1.82) is 0 Å². The van der Waals surface area contributed by atoms with Crippen LogP contribution in [0.15, 0.2) is 24.3 Å². The average Bonchev–Trinajstić information content (AvgIpc) is 2.57. The van der Waals surface area contributed by atoms with Crippen LogP contribution in [0.1, 0.15) is 6.92 Å². The van der Waals surface area contributed by atoms with Gasteiger partial charge in [0, 0.05) is 39.8 Å². The number of nitrogens with two attached hydrogens (primary N) is 1. The highest BCUT2D eigenvalue weighted by Crippen LogP contribution is 2.28. The van der Waals surface area contributed by atoms with Gasteiger partial charge in [-0.1, -0.05) is 12.1 Å². The number of rotatable bonds is 6. The number of para-hydroxylation sites is 2. The number of halogens is 2. The van der Waals surface area contributed by atoms with E-state index in [0.717, 1.165) is 24.5 Å². The first-order chi connectivity index (χ1) is 10.7. The van der Waals surface area contributed by atoms with Crippen molar-refractivity contribution in [3.63, 3.8) is 0 Å². The summed E-state index contributed by atoms with van der Waals surface area (Å²) in [5.41, 5.74) is 6.64. The molecular formula is C16H27Cl2N3O3. The molecule has 1 saturated heterocycles. The smallest absolute Gasteiger partial charge is 0.253 e. The number of amides is 1. The van der Waals surface area contributed by atoms with E-state index in [1.165, 1.54) is 7.11 Å². The zero-order valence-electron chi connectivity index (χ0n) is 14.1. The number of hydrogen-bond donors (Lipinski definition) is 1. The second-order valence-electron chi connectivity index (χ2n) is 5.17. The van der Waals surface area contributed by atoms with Gasteiger partial charge in [0.2, 0.25) is 0 Å². The van der Waals surface area contributed by atoms with Crippen molar-refractivity contribution >= 4 is 36.4 Å². The highest BCUT2D eigenvalue weighted by atomic mass is 35.5. The van der Waals surface area contributed by atoms with Crippen molar-refractivity contribution in [1.82, 2.24) is 4.90 Å². The van der Waals surface area contributed by atoms with E-state index in [-0.39, 0.29) is 37.3 Å². The topological polar surface area (TPSA) is 68.0 Å². The van der Waals surface area contributed by atoms with Crippen molar-refractivity contribution in [2.75, 3.05) is 51.3 Å². The number of anilines is 1. The Hall–Kier alpha value is -1.21. The highest BCUT2D eigenvalue weighted by molar-refractivity contribution is 5.85. The van der Waals surface area contributed by atoms with E-state index in [4.69, 9.17) is 15.2 Å². The molecular weight excluding hydrogens is 353 g/mol. The number of carbonyl (C=O) groups is 1. The van der Waals surface area contributed by atoms with Crippen LogP contribution in [0.25, 0.3) is 0 Å². The lowest BCUT2D eigenvalue weighted by atomic mass is 10.2. The van der Waals surface area contributed by atoms with Crippen molar-refractivity contribution in [3.8, 4) is 5.75 Å². The molecule has 2 N–H and O–H groups in total. The van der Waals surface area contributed by atoms with Crippen LogP contribution in [0.3, 0.4) is 0 Å². The van der Waals surface area contributed by atoms with Crippen molar-refractivity contribution < 1.29 is 14.3 Å². The van der Waals surface area contributed by atoms with Crippen molar-refractivity contribution in [3.05, 3.63) is 24.3 Å². The second kappa shape index (κ2) is 11.4. The Labute approximate surface area is 156 Å². The van der Waals surface area contributed by atoms with Gasteiger partial charge in [-0.05, 0) is 19.1 Å². The molecule has 6 nitrogen and oxygen atoms in total. The summed E-state index contributed by atoms with van der Waals surface area (Å²) >= 11 is 0. The maximum atomic E-state index is 12.3. The third-order valence-electron chi connectivity index (χ3n) is 3.87. The Morgan fingerprint density at radius 1 is 1.21 bits per heavy atom. The SMILES string of the molecule is CCOc1ccccc1N1CCN(C(=O)C(CN)OC)CC1.Cl.Cl. The lowest BCUT2D eigenvalue weighted by Gasteiger charge is -2.37. The first kappa shape index (κ1) is 22.8. The molecule has 0 saturated carbocycles. The van der Waals surface area contributed by atoms with E-state index in [1.54, 1.807) is 0 Å². The monoisotopic (exact) mass is 379 g/mol. The zero-order chi connectivity index (χ0) is 15.9. The molecule has 0 radical (unpaired) electrons. The Bertz CT molecular complexity index is 493. The number of benzene rings is 1. The summed E-state index contributed by atoms with van der Waals surface area (Å²) in [6.07, 6.45) is -0.540. The van der Waals surface area contributed by atoms with Gasteiger partial charge in [-0.3, -0.25) is 4.79 Å². The van der Waals surface area contributed by atoms with Crippen LogP contribution < -0.4 is 15.4 Å². The van der Waals surface area contributed by atoms with Crippen LogP contribution in [0, 0.1) is 0 Å². The molecule has 1 fully saturated rings. The Kier molecular flexibility index (Phi) is 10.8. The van der Waals surface area contributed by atoms with Crippen LogP contribution in [0.2, 0.25) is 0 Å². The third-order valence-corrected chi connectivity index (χ3v) is 3.87. The largest absolute Gasteiger partial charge is 0.492 e. The highest BCUT2D eigenvalue weighted by Gasteiger charge is 2.27. The van der Waals surface area contributed by atoms with Gasteiger partial charge < -0.3 is 25.0 Å². The molecule has 1 heterocycles. The number of methoxy groups -OCH3 is 1. The summed E-state index contributed by atoms with van der Waals surface area (Å²) in [6, 6.07) is 8.01. The second-order valence-corrected chi connectivity index (χ2v) is 5.17. The van der Waals surface area contributed by atoms with E-state index in [1.807, 2.05) is 30.0 Å². The predicted molar refractivity (Wildman–Crippen MR) is 101 cm³/mol. The molecule has 0 aromatic heterocycles. The summed E-state index contributed by atoms with van der Waals surface area (Å²) < 4.78 is 10.8. The molecule has 1 amide bonds. The molecule has 8 heteroatoms. The number of nitrogens with zero attached hydrogens (tertiary/aromatic N) is 2. The molecule has 1 unspecified atom stereocenters. The summed E-state index contributed by atoms with van der Waals surface area (Å²) in [7, 11) is 1.52. The van der Waals surface area contributed by atoms with Crippen LogP contribution in [-0.2, 0) is 9.53 Å². The Balaban J connectivity index is 0.00000264. The number of ether oxygens (including phenoxy) is 2. The molecule has 1 aromatic carbocycles. The van der Waals surface area contributed by atoms with Crippen LogP contribution >= 0.6 is 24.8 Å². The minimum Gasteiger partial charge on any atom is -0.492 e. The fourth-order valence-electron chi connectivity index (χ4n) is 2.67. The summed E-state index contributed by atoms with van der Waals surface area (Å²) in [6.45, 7) is 5.71. The maximum Gasteiger partial charge on any atom is 0.253 e. The van der Waals surface area contributed by atoms with Gasteiger partial charge in [-0.15, -0.1) is 24.8 Å². The van der Waals surface area contributed by atoms with E-state index in [2.05, 4.69) is 11.0 Å². The molecule has 1 aliphatic heterocycles. The van der Waals surface area contributed by atoms with Crippen molar-refractivity contribution in [2.24, 2.45) is 5.73 Å². The van der Waals surface area contributed by atoms with Gasteiger partial charge in [0.15, 0.2) is 0 Å². The number of piperazine rings is 1. The van der Waals surface area contributed by atoms with Gasteiger partial charge >= 0.3 is 0 Å². The summed E-state index contributed by atoms with van der Waals surface area (Å²) in [5, 5.41) is 0. The van der Waals surface area contributed by atoms with Gasteiger partial charge in [0.1, 0.15) is 11.9 Å². The molecule has 1 aliphatic rings. The fraction of sp³-hybridized carbons (Fsp3) is 0.562. The molecule has 0 bridgehead atoms. The van der Waals surface area contributed by atoms with E-state index in [0.29, 0.717) is 19.7 Å². The van der Waals surface area contributed by atoms with Gasteiger partial charge in [-0.2, -0.15) is 0 Å². The Morgan fingerprint density at radius 3 is 2.38 bits per heavy atom. The van der Waals surface area contributed by atoms with Crippen LogP contribution in [0.4, 0.5) is 5.69 Å². The normalized spacial score (nSPS) is 15.1. The Morgan fingerprint density at radius 2 is 1.83 bits per heavy atom. The van der Waals surface area contributed by atoms with Gasteiger partial charge in [0.25, 0.3) is 5.91 Å². The van der Waals surface area contributed by atoms with Crippen LogP contribution in [0.5, 0.6) is 5.75 Å². The summed E-state index contributed by atoms with van der Waals surface area (Å²) in [5.74, 6) is 0.865. The van der Waals surface area contributed by atoms with Crippen LogP contribution in [-0.4, -0.2) is 63.4 Å². The van der Waals surface area contributed by atoms with Gasteiger partial charge in [-0.25, -0.2) is 0 Å². The summed E-state index contributed by atoms with van der Waals surface area (Å²) in [4.78, 5) is 16.3. The third kappa shape index (κ3) is 5.41. The molecule has 24 heavy (non-hydrogen) atoms. The van der Waals surface area contributed by atoms with Gasteiger partial charge in [0.05, 0.1) is 12.3 Å². The van der Waals surface area contributed by atoms with E-state index in [9.17, 15) is 4.79 Å². The van der Waals surface area contributed by atoms with Crippen molar-refractivity contribution in [2.45, 2.75) is 13.0 Å². The molecule has 0 spiro atoms. The minimum absolute atomic E-state index is 0. The lowest BCUT2D eigenvalue weighted by molar-refractivity contribution is -0.141. The first-order valence-electron chi connectivity index (χ1n) is 7.69. The standard InChI is InChI=1S/C16H25N3O3.2ClH/c1-3-22-14-7-5-4-6-13(14)18-8-10-19(11-9-18)16(20)15(12-17)21-2;;/h4-7,15H,3,8-12,17H2,1-2H3;2*1H. The zero-order valence-corrected chi connectivity index (χ0v) is 15.8. The predicted octanol–water partition coefficient (Wildman–Crippen LogP) is 1.55. The quantitative estimate of drug-likeness (QED) is 0.811.